The third kappa shape index (κ3) is 5.24. The fourth-order valence-electron chi connectivity index (χ4n) is 2.52. The van der Waals surface area contributed by atoms with Crippen LogP contribution in [0, 0.1) is 0 Å². The molecule has 2 aromatic rings. The molecule has 2 amide bonds. The minimum atomic E-state index is -0.683. The van der Waals surface area contributed by atoms with Gasteiger partial charge in [-0.25, -0.2) is 9.80 Å². The largest absolute Gasteiger partial charge is 0.451 e. The first-order valence-electron chi connectivity index (χ1n) is 8.55. The normalized spacial score (nSPS) is 13.9. The van der Waals surface area contributed by atoms with Gasteiger partial charge in [0.05, 0.1) is 5.69 Å². The summed E-state index contributed by atoms with van der Waals surface area (Å²) in [6, 6.07) is 12.8. The van der Waals surface area contributed by atoms with Gasteiger partial charge in [-0.15, -0.1) is 11.3 Å². The number of hydrazone groups is 1. The number of carbonyl (C=O) groups is 3. The Labute approximate surface area is 160 Å². The van der Waals surface area contributed by atoms with Crippen LogP contribution in [0.5, 0.6) is 0 Å². The van der Waals surface area contributed by atoms with Crippen molar-refractivity contribution < 1.29 is 19.1 Å². The van der Waals surface area contributed by atoms with E-state index in [1.165, 1.54) is 9.89 Å². The third-order valence-electron chi connectivity index (χ3n) is 3.88. The number of para-hydroxylation sites is 1. The molecular weight excluding hydrogens is 366 g/mol. The van der Waals surface area contributed by atoms with Crippen LogP contribution >= 0.6 is 11.3 Å². The minimum absolute atomic E-state index is 0.129. The lowest BCUT2D eigenvalue weighted by Crippen LogP contribution is -2.36. The Kier molecular flexibility index (Phi) is 6.32. The zero-order valence-electron chi connectivity index (χ0n) is 14.6. The Morgan fingerprint density at radius 2 is 1.96 bits per heavy atom. The number of ether oxygens (including phenoxy) is 1. The van der Waals surface area contributed by atoms with Gasteiger partial charge in [-0.1, -0.05) is 24.3 Å². The lowest BCUT2D eigenvalue weighted by molar-refractivity contribution is -0.142. The Morgan fingerprint density at radius 3 is 2.70 bits per heavy atom. The number of nitrogens with zero attached hydrogens (tertiary/aromatic N) is 2. The first-order valence-corrected chi connectivity index (χ1v) is 9.43. The highest BCUT2D eigenvalue weighted by atomic mass is 32.1. The van der Waals surface area contributed by atoms with Crippen LogP contribution in [0.2, 0.25) is 0 Å². The fraction of sp³-hybridized carbons (Fsp3) is 0.263. The standard InChI is InChI=1S/C19H19N3O4S/c23-17(20-11-10-15-7-4-12-27-15)13-26-19(25)16-8-9-18(24)22(21-16)14-5-2-1-3-6-14/h1-7,12H,8-11,13H2,(H,20,23). The molecule has 0 radical (unpaired) electrons. The number of thiophene rings is 1. The van der Waals surface area contributed by atoms with Crippen LogP contribution in [0.25, 0.3) is 0 Å². The van der Waals surface area contributed by atoms with E-state index >= 15 is 0 Å². The first kappa shape index (κ1) is 18.8. The number of hydrogen-bond donors (Lipinski definition) is 1. The van der Waals surface area contributed by atoms with Gasteiger partial charge in [-0.05, 0) is 30.0 Å². The number of amides is 2. The van der Waals surface area contributed by atoms with Crippen LogP contribution in [0.1, 0.15) is 17.7 Å². The number of carbonyl (C=O) groups excluding carboxylic acids is 3. The zero-order valence-corrected chi connectivity index (χ0v) is 15.4. The van der Waals surface area contributed by atoms with Crippen molar-refractivity contribution in [3.8, 4) is 0 Å². The van der Waals surface area contributed by atoms with Crippen LogP contribution in [0.3, 0.4) is 0 Å². The van der Waals surface area contributed by atoms with Crippen LogP contribution < -0.4 is 10.3 Å². The molecule has 1 aliphatic heterocycles. The zero-order chi connectivity index (χ0) is 19.1. The number of esters is 1. The monoisotopic (exact) mass is 385 g/mol. The number of benzene rings is 1. The van der Waals surface area contributed by atoms with Crippen LogP contribution in [-0.4, -0.2) is 36.6 Å². The Bertz CT molecular complexity index is 834. The molecule has 0 saturated heterocycles. The van der Waals surface area contributed by atoms with Gasteiger partial charge in [0.15, 0.2) is 6.61 Å². The van der Waals surface area contributed by atoms with Gasteiger partial charge in [0.25, 0.3) is 5.91 Å². The van der Waals surface area contributed by atoms with E-state index < -0.39 is 5.97 Å². The lowest BCUT2D eigenvalue weighted by atomic mass is 10.1. The summed E-state index contributed by atoms with van der Waals surface area (Å²) in [7, 11) is 0. The van der Waals surface area contributed by atoms with Crippen LogP contribution in [-0.2, 0) is 25.5 Å². The summed E-state index contributed by atoms with van der Waals surface area (Å²) in [5.41, 5.74) is 0.712. The van der Waals surface area contributed by atoms with Gasteiger partial charge in [0.1, 0.15) is 5.71 Å². The summed E-state index contributed by atoms with van der Waals surface area (Å²) in [6.45, 7) is 0.107. The van der Waals surface area contributed by atoms with Crippen molar-refractivity contribution in [1.29, 1.82) is 0 Å². The van der Waals surface area contributed by atoms with E-state index in [2.05, 4.69) is 10.4 Å². The highest BCUT2D eigenvalue weighted by Crippen LogP contribution is 2.19. The summed E-state index contributed by atoms with van der Waals surface area (Å²) in [5.74, 6) is -1.24. The second-order valence-corrected chi connectivity index (χ2v) is 6.88. The van der Waals surface area contributed by atoms with Crippen molar-refractivity contribution in [1.82, 2.24) is 5.32 Å². The number of nitrogens with one attached hydrogen (secondary N) is 1. The van der Waals surface area contributed by atoms with E-state index in [9.17, 15) is 14.4 Å². The summed E-state index contributed by atoms with van der Waals surface area (Å²) >= 11 is 1.63. The van der Waals surface area contributed by atoms with Gasteiger partial charge in [0.2, 0.25) is 5.91 Å². The van der Waals surface area contributed by atoms with E-state index in [0.29, 0.717) is 12.2 Å². The highest BCUT2D eigenvalue weighted by molar-refractivity contribution is 7.09. The molecule has 0 unspecified atom stereocenters. The van der Waals surface area contributed by atoms with E-state index in [-0.39, 0.29) is 37.0 Å². The molecule has 0 bridgehead atoms. The molecule has 2 heterocycles. The molecule has 140 valence electrons. The Morgan fingerprint density at radius 1 is 1.15 bits per heavy atom. The van der Waals surface area contributed by atoms with Gasteiger partial charge in [-0.3, -0.25) is 9.59 Å². The molecule has 0 atom stereocenters. The molecule has 1 aromatic carbocycles. The van der Waals surface area contributed by atoms with Crippen LogP contribution in [0.4, 0.5) is 5.69 Å². The number of anilines is 1. The minimum Gasteiger partial charge on any atom is -0.451 e. The molecule has 1 N–H and O–H groups in total. The number of hydrogen-bond acceptors (Lipinski definition) is 6. The molecule has 0 spiro atoms. The van der Waals surface area contributed by atoms with Crippen molar-refractivity contribution >= 4 is 40.5 Å². The lowest BCUT2D eigenvalue weighted by Gasteiger charge is -2.22. The second-order valence-electron chi connectivity index (χ2n) is 5.84. The first-order chi connectivity index (χ1) is 13.1. The average Bonchev–Trinajstić information content (AvgIpc) is 3.20. The van der Waals surface area contributed by atoms with Gasteiger partial charge in [-0.2, -0.15) is 5.10 Å². The smallest absolute Gasteiger partial charge is 0.355 e. The van der Waals surface area contributed by atoms with Crippen molar-refractivity contribution in [2.45, 2.75) is 19.3 Å². The van der Waals surface area contributed by atoms with E-state index in [0.717, 1.165) is 6.42 Å². The predicted octanol–water partition coefficient (Wildman–Crippen LogP) is 2.13. The maximum absolute atomic E-state index is 12.2. The number of rotatable bonds is 7. The summed E-state index contributed by atoms with van der Waals surface area (Å²) in [5, 5.41) is 9.98. The molecule has 27 heavy (non-hydrogen) atoms. The van der Waals surface area contributed by atoms with E-state index in [1.807, 2.05) is 23.6 Å². The molecule has 1 aliphatic rings. The SMILES string of the molecule is O=C(COC(=O)C1=NN(c2ccccc2)C(=O)CC1)NCCc1cccs1. The Balaban J connectivity index is 1.49. The van der Waals surface area contributed by atoms with Crippen molar-refractivity contribution in [3.05, 3.63) is 52.7 Å². The van der Waals surface area contributed by atoms with Crippen molar-refractivity contribution in [2.75, 3.05) is 18.2 Å². The molecular formula is C19H19N3O4S. The molecule has 0 fully saturated rings. The third-order valence-corrected chi connectivity index (χ3v) is 4.81. The summed E-state index contributed by atoms with van der Waals surface area (Å²) in [4.78, 5) is 37.2. The highest BCUT2D eigenvalue weighted by Gasteiger charge is 2.26. The van der Waals surface area contributed by atoms with Gasteiger partial charge in [0, 0.05) is 24.3 Å². The summed E-state index contributed by atoms with van der Waals surface area (Å²) < 4.78 is 5.03. The Hall–Kier alpha value is -3.00. The van der Waals surface area contributed by atoms with Crippen molar-refractivity contribution in [3.63, 3.8) is 0 Å². The van der Waals surface area contributed by atoms with E-state index in [4.69, 9.17) is 4.74 Å². The van der Waals surface area contributed by atoms with Crippen molar-refractivity contribution in [2.24, 2.45) is 5.10 Å². The fourth-order valence-corrected chi connectivity index (χ4v) is 3.23. The molecule has 0 saturated carbocycles. The molecule has 7 nitrogen and oxygen atoms in total. The molecule has 0 aliphatic carbocycles. The summed E-state index contributed by atoms with van der Waals surface area (Å²) in [6.07, 6.45) is 1.09. The molecule has 1 aromatic heterocycles. The maximum atomic E-state index is 12.2. The topological polar surface area (TPSA) is 88.1 Å². The molecule has 8 heteroatoms. The predicted molar refractivity (Wildman–Crippen MR) is 103 cm³/mol. The molecule has 3 rings (SSSR count). The second kappa shape index (κ2) is 9.09. The van der Waals surface area contributed by atoms with Crippen LogP contribution in [0.15, 0.2) is 52.9 Å². The average molecular weight is 385 g/mol. The maximum Gasteiger partial charge on any atom is 0.355 e. The van der Waals surface area contributed by atoms with Gasteiger partial charge >= 0.3 is 5.97 Å². The van der Waals surface area contributed by atoms with E-state index in [1.54, 1.807) is 35.6 Å². The van der Waals surface area contributed by atoms with Gasteiger partial charge < -0.3 is 10.1 Å². The quantitative estimate of drug-likeness (QED) is 0.740.